The Morgan fingerprint density at radius 1 is 1.60 bits per heavy atom. The zero-order valence-electron chi connectivity index (χ0n) is 6.15. The molecule has 0 radical (unpaired) electrons. The van der Waals surface area contributed by atoms with Gasteiger partial charge in [-0.25, -0.2) is 0 Å². The van der Waals surface area contributed by atoms with Gasteiger partial charge >= 0.3 is 37.7 Å². The molecule has 5 heavy (non-hydrogen) atoms. The minimum atomic E-state index is 0. The van der Waals surface area contributed by atoms with E-state index in [1.54, 1.807) is 6.92 Å². The molecule has 24 valence electrons. The predicted molar refractivity (Wildman–Crippen MR) is 15.0 cm³/mol. The van der Waals surface area contributed by atoms with Gasteiger partial charge in [-0.2, -0.15) is 0 Å². The Hall–Kier alpha value is 1.15. The topological polar surface area (TPSA) is 20.2 Å². The van der Waals surface area contributed by atoms with Crippen LogP contribution < -0.4 is 37.7 Å². The zero-order valence-corrected chi connectivity index (χ0v) is 4.15. The molecule has 1 nitrogen and oxygen atoms in total. The third-order valence-corrected chi connectivity index (χ3v) is 0. The Balaban J connectivity index is -0.00000000333. The molecule has 0 amide bonds. The third-order valence-electron chi connectivity index (χ3n) is 0. The minimum absolute atomic E-state index is 0. The Morgan fingerprint density at radius 2 is 1.60 bits per heavy atom. The van der Waals surface area contributed by atoms with Crippen molar-refractivity contribution in [3.8, 4) is 0 Å². The summed E-state index contributed by atoms with van der Waals surface area (Å²) in [4.78, 5) is 0. The largest absolute Gasteiger partial charge is 1.00 e. The van der Waals surface area contributed by atoms with Crippen LogP contribution in [0.25, 0.3) is 0 Å². The van der Waals surface area contributed by atoms with Gasteiger partial charge in [-0.1, -0.05) is 0 Å². The quantitative estimate of drug-likeness (QED) is 0.277. The van der Waals surface area contributed by atoms with E-state index in [1.165, 1.54) is 0 Å². The second kappa shape index (κ2) is 19.2. The average Bonchev–Trinajstić information content (AvgIpc) is 0.918. The van der Waals surface area contributed by atoms with Crippen LogP contribution in [-0.2, 0) is 0 Å². The van der Waals surface area contributed by atoms with E-state index in [9.17, 15) is 0 Å². The van der Waals surface area contributed by atoms with Crippen molar-refractivity contribution in [3.05, 3.63) is 0 Å². The summed E-state index contributed by atoms with van der Waals surface area (Å²) >= 11 is 0. The molecular formula is C2H8Li2O. The van der Waals surface area contributed by atoms with Crippen molar-refractivity contribution in [3.63, 3.8) is 0 Å². The monoisotopic (exact) mass is 62.1 g/mol. The summed E-state index contributed by atoms with van der Waals surface area (Å²) in [6.07, 6.45) is 0. The van der Waals surface area contributed by atoms with Crippen molar-refractivity contribution in [2.75, 3.05) is 6.61 Å². The molecule has 0 saturated carbocycles. The molecule has 0 saturated heterocycles. The molecule has 0 atom stereocenters. The van der Waals surface area contributed by atoms with E-state index in [1.807, 2.05) is 0 Å². The van der Waals surface area contributed by atoms with Crippen molar-refractivity contribution in [2.45, 2.75) is 6.92 Å². The summed E-state index contributed by atoms with van der Waals surface area (Å²) in [5.74, 6) is 0. The predicted octanol–water partition coefficient (Wildman–Crippen LogP) is -5.77. The van der Waals surface area contributed by atoms with Crippen LogP contribution in [0.4, 0.5) is 0 Å². The molecule has 0 aromatic carbocycles. The molecule has 0 rings (SSSR count). The second-order valence-corrected chi connectivity index (χ2v) is 0.316. The number of hydrogen-bond acceptors (Lipinski definition) is 1. The fourth-order valence-corrected chi connectivity index (χ4v) is 0. The van der Waals surface area contributed by atoms with Crippen molar-refractivity contribution in [1.29, 1.82) is 0 Å². The molecule has 0 fully saturated rings. The average molecular weight is 62.0 g/mol. The summed E-state index contributed by atoms with van der Waals surface area (Å²) in [6, 6.07) is 0. The Labute approximate surface area is 59.5 Å². The van der Waals surface area contributed by atoms with Gasteiger partial charge < -0.3 is 7.96 Å². The van der Waals surface area contributed by atoms with Crippen molar-refractivity contribution in [2.24, 2.45) is 0 Å². The normalized spacial score (nSPS) is 3.60. The maximum Gasteiger partial charge on any atom is 1.00 e. The van der Waals surface area contributed by atoms with Crippen molar-refractivity contribution < 1.29 is 45.7 Å². The van der Waals surface area contributed by atoms with Crippen molar-refractivity contribution in [1.82, 2.24) is 0 Å². The maximum absolute atomic E-state index is 7.57. The summed E-state index contributed by atoms with van der Waals surface area (Å²) in [5.41, 5.74) is 0. The molecular weight excluding hydrogens is 53.9 g/mol. The van der Waals surface area contributed by atoms with Crippen LogP contribution in [0.1, 0.15) is 9.78 Å². The van der Waals surface area contributed by atoms with E-state index in [0.29, 0.717) is 0 Å². The fourth-order valence-electron chi connectivity index (χ4n) is 0. The third kappa shape index (κ3) is 38.5. The van der Waals surface area contributed by atoms with Gasteiger partial charge in [0, 0.05) is 6.61 Å². The van der Waals surface area contributed by atoms with Crippen LogP contribution in [0.2, 0.25) is 0 Å². The second-order valence-electron chi connectivity index (χ2n) is 0.316. The van der Waals surface area contributed by atoms with Crippen LogP contribution in [0, 0.1) is 0 Å². The van der Waals surface area contributed by atoms with Gasteiger partial charge in [-0.3, -0.25) is 0 Å². The van der Waals surface area contributed by atoms with Crippen LogP contribution in [-0.4, -0.2) is 11.7 Å². The Bertz CT molecular complexity index is 13.7. The summed E-state index contributed by atoms with van der Waals surface area (Å²) in [6.45, 7) is 1.93. The first-order chi connectivity index (χ1) is 1.41. The molecule has 0 spiro atoms. The fraction of sp³-hybridized carbons (Fsp3) is 1.00. The number of rotatable bonds is 0. The number of hydrogen-bond donors (Lipinski definition) is 1. The summed E-state index contributed by atoms with van der Waals surface area (Å²) < 4.78 is 0. The zero-order chi connectivity index (χ0) is 2.71. The molecule has 0 aliphatic heterocycles. The first kappa shape index (κ1) is 16.4. The van der Waals surface area contributed by atoms with E-state index in [0.717, 1.165) is 0 Å². The summed E-state index contributed by atoms with van der Waals surface area (Å²) in [5, 5.41) is 7.57. The molecule has 0 bridgehead atoms. The van der Waals surface area contributed by atoms with E-state index in [2.05, 4.69) is 0 Å². The molecule has 0 aromatic heterocycles. The molecule has 0 heterocycles. The van der Waals surface area contributed by atoms with Crippen LogP contribution in [0.15, 0.2) is 0 Å². The molecule has 0 unspecified atom stereocenters. The van der Waals surface area contributed by atoms with Crippen molar-refractivity contribution >= 4 is 0 Å². The number of aliphatic hydroxyl groups excluding tert-OH is 1. The standard InChI is InChI=1S/C2H6O.2Li.2H/c1-2-3;;;;/h3H,2H2,1H3;;;;/q;2*+1;2*-1. The van der Waals surface area contributed by atoms with Crippen LogP contribution >= 0.6 is 0 Å². The first-order valence-corrected chi connectivity index (χ1v) is 1.02. The van der Waals surface area contributed by atoms with E-state index in [-0.39, 0.29) is 47.2 Å². The number of aliphatic hydroxyl groups is 1. The molecule has 0 aliphatic carbocycles. The van der Waals surface area contributed by atoms with Gasteiger partial charge in [0.1, 0.15) is 0 Å². The molecule has 0 aromatic rings. The summed E-state index contributed by atoms with van der Waals surface area (Å²) in [7, 11) is 0. The van der Waals surface area contributed by atoms with Crippen LogP contribution in [0.3, 0.4) is 0 Å². The first-order valence-electron chi connectivity index (χ1n) is 1.02. The van der Waals surface area contributed by atoms with E-state index >= 15 is 0 Å². The van der Waals surface area contributed by atoms with E-state index in [4.69, 9.17) is 5.11 Å². The SMILES string of the molecule is CCO.[H-].[H-].[Li+].[Li+]. The van der Waals surface area contributed by atoms with Gasteiger partial charge in [0.15, 0.2) is 0 Å². The maximum atomic E-state index is 7.57. The smallest absolute Gasteiger partial charge is 1.00 e. The van der Waals surface area contributed by atoms with Gasteiger partial charge in [-0.05, 0) is 6.92 Å². The Kier molecular flexibility index (Phi) is 63.0. The molecule has 1 N–H and O–H groups in total. The Morgan fingerprint density at radius 3 is 1.60 bits per heavy atom. The molecule has 0 aliphatic rings. The van der Waals surface area contributed by atoms with Gasteiger partial charge in [0.05, 0.1) is 0 Å². The van der Waals surface area contributed by atoms with Gasteiger partial charge in [0.2, 0.25) is 0 Å². The van der Waals surface area contributed by atoms with Gasteiger partial charge in [-0.15, -0.1) is 0 Å². The molecule has 3 heteroatoms. The van der Waals surface area contributed by atoms with Gasteiger partial charge in [0.25, 0.3) is 0 Å². The van der Waals surface area contributed by atoms with E-state index < -0.39 is 0 Å². The van der Waals surface area contributed by atoms with Crippen LogP contribution in [0.5, 0.6) is 0 Å². The minimum Gasteiger partial charge on any atom is -1.00 e.